The Balaban J connectivity index is 2.33. The second-order valence-corrected chi connectivity index (χ2v) is 4.06. The third kappa shape index (κ3) is 2.31. The Morgan fingerprint density at radius 2 is 2.24 bits per heavy atom. The summed E-state index contributed by atoms with van der Waals surface area (Å²) in [6.45, 7) is 3.76. The van der Waals surface area contributed by atoms with Gasteiger partial charge in [-0.1, -0.05) is 12.1 Å². The fourth-order valence-electron chi connectivity index (χ4n) is 1.22. The van der Waals surface area contributed by atoms with Crippen LogP contribution in [0.2, 0.25) is 0 Å². The maximum atomic E-state index is 12.7. The first kappa shape index (κ1) is 11.7. The highest BCUT2D eigenvalue weighted by atomic mass is 19.1. The van der Waals surface area contributed by atoms with Crippen LogP contribution in [0.25, 0.3) is 11.6 Å². The normalized spacial score (nSPS) is 14.6. The Morgan fingerprint density at radius 3 is 2.82 bits per heavy atom. The summed E-state index contributed by atoms with van der Waals surface area (Å²) in [6.07, 6.45) is 1.78. The predicted molar refractivity (Wildman–Crippen MR) is 59.3 cm³/mol. The smallest absolute Gasteiger partial charge is 0.276 e. The lowest BCUT2D eigenvalue weighted by atomic mass is 10.0. The summed E-state index contributed by atoms with van der Waals surface area (Å²) in [4.78, 5) is 8.02. The number of nitrogens with two attached hydrogens (primary N) is 1. The van der Waals surface area contributed by atoms with Gasteiger partial charge in [0.2, 0.25) is 0 Å². The van der Waals surface area contributed by atoms with E-state index in [9.17, 15) is 4.39 Å². The number of rotatable bonds is 3. The van der Waals surface area contributed by atoms with E-state index in [0.717, 1.165) is 6.20 Å². The highest BCUT2D eigenvalue weighted by molar-refractivity contribution is 5.45. The molecule has 6 heteroatoms. The van der Waals surface area contributed by atoms with E-state index in [0.29, 0.717) is 17.9 Å². The summed E-state index contributed by atoms with van der Waals surface area (Å²) in [5, 5.41) is 3.81. The van der Waals surface area contributed by atoms with E-state index in [-0.39, 0.29) is 5.89 Å². The number of nitrogens with zero attached hydrogens (tertiary/aromatic N) is 3. The quantitative estimate of drug-likeness (QED) is 0.879. The van der Waals surface area contributed by atoms with Gasteiger partial charge in [0.05, 0.1) is 11.7 Å². The monoisotopic (exact) mass is 236 g/mol. The van der Waals surface area contributed by atoms with Crippen LogP contribution in [0.5, 0.6) is 0 Å². The van der Waals surface area contributed by atoms with Crippen LogP contribution in [0.3, 0.4) is 0 Å². The molecule has 0 fully saturated rings. The van der Waals surface area contributed by atoms with Crippen LogP contribution in [-0.2, 0) is 5.54 Å². The van der Waals surface area contributed by atoms with Crippen LogP contribution in [0, 0.1) is 5.82 Å². The minimum absolute atomic E-state index is 0.241. The van der Waals surface area contributed by atoms with Crippen LogP contribution in [-0.4, -0.2) is 15.1 Å². The molecule has 1 atom stereocenters. The van der Waals surface area contributed by atoms with Gasteiger partial charge >= 0.3 is 0 Å². The lowest BCUT2D eigenvalue weighted by molar-refractivity contribution is 0.378. The minimum atomic E-state index is -0.637. The van der Waals surface area contributed by atoms with E-state index in [1.54, 1.807) is 0 Å². The summed E-state index contributed by atoms with van der Waals surface area (Å²) in [5.41, 5.74) is 5.78. The van der Waals surface area contributed by atoms with E-state index in [1.165, 1.54) is 12.1 Å². The zero-order valence-corrected chi connectivity index (χ0v) is 9.64. The number of hydrogen-bond donors (Lipinski definition) is 1. The maximum absolute atomic E-state index is 12.7. The first-order valence-electron chi connectivity index (χ1n) is 5.28. The van der Waals surface area contributed by atoms with Gasteiger partial charge in [-0.3, -0.25) is 0 Å². The summed E-state index contributed by atoms with van der Waals surface area (Å²) < 4.78 is 17.8. The molecule has 2 heterocycles. The van der Waals surface area contributed by atoms with Crippen molar-refractivity contribution in [2.24, 2.45) is 5.73 Å². The molecule has 0 radical (unpaired) electrons. The molecule has 17 heavy (non-hydrogen) atoms. The zero-order valence-electron chi connectivity index (χ0n) is 9.64. The fraction of sp³-hybridized carbons (Fsp3) is 0.364. The molecular formula is C11H13FN4O. The zero-order chi connectivity index (χ0) is 12.5. The molecule has 0 amide bonds. The summed E-state index contributed by atoms with van der Waals surface area (Å²) in [5.74, 6) is 0.247. The van der Waals surface area contributed by atoms with Crippen LogP contribution in [0.1, 0.15) is 26.1 Å². The van der Waals surface area contributed by atoms with Gasteiger partial charge in [-0.15, -0.1) is 0 Å². The Hall–Kier alpha value is -1.82. The molecule has 1 unspecified atom stereocenters. The molecule has 0 aliphatic heterocycles. The molecule has 90 valence electrons. The minimum Gasteiger partial charge on any atom is -0.332 e. The molecule has 2 rings (SSSR count). The Kier molecular flexibility index (Phi) is 2.89. The van der Waals surface area contributed by atoms with Crippen molar-refractivity contribution in [3.8, 4) is 11.6 Å². The summed E-state index contributed by atoms with van der Waals surface area (Å²) in [6, 6.07) is 2.76. The lowest BCUT2D eigenvalue weighted by Crippen LogP contribution is -2.33. The highest BCUT2D eigenvalue weighted by Crippen LogP contribution is 2.21. The van der Waals surface area contributed by atoms with Crippen molar-refractivity contribution in [2.45, 2.75) is 25.8 Å². The van der Waals surface area contributed by atoms with Crippen LogP contribution < -0.4 is 5.73 Å². The lowest BCUT2D eigenvalue weighted by Gasteiger charge is -2.16. The molecular weight excluding hydrogens is 223 g/mol. The number of pyridine rings is 1. The Labute approximate surface area is 97.9 Å². The number of aromatic nitrogens is 3. The average Bonchev–Trinajstić information content (AvgIpc) is 2.80. The van der Waals surface area contributed by atoms with Crippen molar-refractivity contribution in [3.63, 3.8) is 0 Å². The molecule has 2 N–H and O–H groups in total. The summed E-state index contributed by atoms with van der Waals surface area (Å²) >= 11 is 0. The van der Waals surface area contributed by atoms with Gasteiger partial charge in [0.1, 0.15) is 11.5 Å². The van der Waals surface area contributed by atoms with Gasteiger partial charge in [-0.25, -0.2) is 9.37 Å². The maximum Gasteiger partial charge on any atom is 0.276 e. The first-order valence-corrected chi connectivity index (χ1v) is 5.28. The van der Waals surface area contributed by atoms with E-state index in [1.807, 2.05) is 13.8 Å². The molecule has 0 aliphatic rings. The van der Waals surface area contributed by atoms with Gasteiger partial charge in [-0.05, 0) is 25.5 Å². The van der Waals surface area contributed by atoms with E-state index in [2.05, 4.69) is 15.1 Å². The van der Waals surface area contributed by atoms with Crippen molar-refractivity contribution in [1.82, 2.24) is 15.1 Å². The van der Waals surface area contributed by atoms with Crippen LogP contribution >= 0.6 is 0 Å². The average molecular weight is 236 g/mol. The molecule has 0 saturated carbocycles. The second-order valence-electron chi connectivity index (χ2n) is 4.06. The third-order valence-corrected chi connectivity index (χ3v) is 2.62. The van der Waals surface area contributed by atoms with Gasteiger partial charge < -0.3 is 10.3 Å². The van der Waals surface area contributed by atoms with Gasteiger partial charge in [0, 0.05) is 0 Å². The Bertz CT molecular complexity index is 506. The molecule has 5 nitrogen and oxygen atoms in total. The molecule has 0 aromatic carbocycles. The second kappa shape index (κ2) is 4.21. The van der Waals surface area contributed by atoms with Crippen molar-refractivity contribution in [1.29, 1.82) is 0 Å². The fourth-order valence-corrected chi connectivity index (χ4v) is 1.22. The first-order chi connectivity index (χ1) is 8.03. The standard InChI is InChI=1S/C11H13FN4O/c1-3-11(2,13)10-15-9(17-16-10)8-5-4-7(12)6-14-8/h4-6H,3,13H2,1-2H3. The topological polar surface area (TPSA) is 77.8 Å². The van der Waals surface area contributed by atoms with Crippen molar-refractivity contribution in [3.05, 3.63) is 30.0 Å². The van der Waals surface area contributed by atoms with E-state index >= 15 is 0 Å². The molecule has 0 aliphatic carbocycles. The molecule has 2 aromatic rings. The highest BCUT2D eigenvalue weighted by Gasteiger charge is 2.25. The Morgan fingerprint density at radius 1 is 1.47 bits per heavy atom. The molecule has 0 spiro atoms. The molecule has 0 saturated heterocycles. The van der Waals surface area contributed by atoms with E-state index in [4.69, 9.17) is 10.3 Å². The van der Waals surface area contributed by atoms with Crippen molar-refractivity contribution < 1.29 is 8.91 Å². The third-order valence-electron chi connectivity index (χ3n) is 2.62. The number of halogens is 1. The summed E-state index contributed by atoms with van der Waals surface area (Å²) in [7, 11) is 0. The van der Waals surface area contributed by atoms with Crippen LogP contribution in [0.15, 0.2) is 22.9 Å². The molecule has 2 aromatic heterocycles. The van der Waals surface area contributed by atoms with Gasteiger partial charge in [-0.2, -0.15) is 4.98 Å². The van der Waals surface area contributed by atoms with Gasteiger partial charge in [0.15, 0.2) is 5.82 Å². The number of hydrogen-bond acceptors (Lipinski definition) is 5. The van der Waals surface area contributed by atoms with Gasteiger partial charge in [0.25, 0.3) is 5.89 Å². The van der Waals surface area contributed by atoms with Crippen molar-refractivity contribution >= 4 is 0 Å². The van der Waals surface area contributed by atoms with Crippen LogP contribution in [0.4, 0.5) is 4.39 Å². The van der Waals surface area contributed by atoms with Crippen molar-refractivity contribution in [2.75, 3.05) is 0 Å². The SMILES string of the molecule is CCC(C)(N)c1noc(-c2ccc(F)cn2)n1. The largest absolute Gasteiger partial charge is 0.332 e. The molecule has 0 bridgehead atoms. The predicted octanol–water partition coefficient (Wildman–Crippen LogP) is 1.85. The van der Waals surface area contributed by atoms with E-state index < -0.39 is 11.4 Å².